The molecule has 2 nitrogen and oxygen atoms in total. The molecule has 0 unspecified atom stereocenters. The SMILES string of the molecule is CCN(CC)CC#C/C=C(\C)CN1CCCCC1. The summed E-state index contributed by atoms with van der Waals surface area (Å²) in [7, 11) is 0. The van der Waals surface area contributed by atoms with Crippen LogP contribution in [0.2, 0.25) is 0 Å². The van der Waals surface area contributed by atoms with Gasteiger partial charge in [-0.3, -0.25) is 9.80 Å². The van der Waals surface area contributed by atoms with Crippen LogP contribution in [0.3, 0.4) is 0 Å². The molecule has 0 radical (unpaired) electrons. The van der Waals surface area contributed by atoms with Gasteiger partial charge in [-0.2, -0.15) is 0 Å². The molecule has 1 rings (SSSR count). The maximum atomic E-state index is 3.24. The van der Waals surface area contributed by atoms with Crippen molar-refractivity contribution in [2.45, 2.75) is 40.0 Å². The molecular formula is C16H28N2. The number of rotatable bonds is 5. The molecule has 0 atom stereocenters. The molecule has 1 heterocycles. The van der Waals surface area contributed by atoms with Crippen LogP contribution in [0.25, 0.3) is 0 Å². The number of allylic oxidation sites excluding steroid dienone is 1. The Morgan fingerprint density at radius 3 is 2.44 bits per heavy atom. The molecule has 1 saturated heterocycles. The fourth-order valence-electron chi connectivity index (χ4n) is 2.29. The number of nitrogens with zero attached hydrogens (tertiary/aromatic N) is 2. The molecule has 0 bridgehead atoms. The minimum Gasteiger partial charge on any atom is -0.299 e. The zero-order valence-corrected chi connectivity index (χ0v) is 12.3. The topological polar surface area (TPSA) is 6.48 Å². The number of piperidine rings is 1. The summed E-state index contributed by atoms with van der Waals surface area (Å²) in [5, 5.41) is 0. The van der Waals surface area contributed by atoms with E-state index >= 15 is 0 Å². The van der Waals surface area contributed by atoms with Gasteiger partial charge in [0.05, 0.1) is 6.54 Å². The highest BCUT2D eigenvalue weighted by Crippen LogP contribution is 2.10. The van der Waals surface area contributed by atoms with Gasteiger partial charge in [-0.15, -0.1) is 0 Å². The van der Waals surface area contributed by atoms with Crippen LogP contribution in [-0.2, 0) is 0 Å². The van der Waals surface area contributed by atoms with E-state index in [4.69, 9.17) is 0 Å². The Kier molecular flexibility index (Phi) is 7.80. The largest absolute Gasteiger partial charge is 0.299 e. The lowest BCUT2D eigenvalue weighted by Crippen LogP contribution is -2.31. The van der Waals surface area contributed by atoms with Gasteiger partial charge >= 0.3 is 0 Å². The van der Waals surface area contributed by atoms with Gasteiger partial charge in [0.15, 0.2) is 0 Å². The van der Waals surface area contributed by atoms with Crippen LogP contribution in [0.4, 0.5) is 0 Å². The van der Waals surface area contributed by atoms with Crippen molar-refractivity contribution in [3.8, 4) is 11.8 Å². The van der Waals surface area contributed by atoms with E-state index in [0.29, 0.717) is 0 Å². The average Bonchev–Trinajstić information content (AvgIpc) is 2.40. The Balaban J connectivity index is 2.29. The van der Waals surface area contributed by atoms with Gasteiger partial charge in [0, 0.05) is 6.54 Å². The summed E-state index contributed by atoms with van der Waals surface area (Å²) in [6, 6.07) is 0. The van der Waals surface area contributed by atoms with Gasteiger partial charge in [-0.25, -0.2) is 0 Å². The normalized spacial score (nSPS) is 17.7. The Bertz CT molecular complexity index is 299. The zero-order valence-electron chi connectivity index (χ0n) is 12.3. The molecule has 0 aromatic heterocycles. The van der Waals surface area contributed by atoms with Crippen molar-refractivity contribution in [3.63, 3.8) is 0 Å². The third-order valence-electron chi connectivity index (χ3n) is 3.54. The molecule has 0 aliphatic carbocycles. The lowest BCUT2D eigenvalue weighted by Gasteiger charge is -2.26. The second-order valence-corrected chi connectivity index (χ2v) is 5.11. The fourth-order valence-corrected chi connectivity index (χ4v) is 2.29. The first kappa shape index (κ1) is 15.3. The van der Waals surface area contributed by atoms with Gasteiger partial charge in [-0.1, -0.05) is 37.7 Å². The van der Waals surface area contributed by atoms with Crippen molar-refractivity contribution >= 4 is 0 Å². The molecule has 18 heavy (non-hydrogen) atoms. The molecule has 102 valence electrons. The second-order valence-electron chi connectivity index (χ2n) is 5.11. The zero-order chi connectivity index (χ0) is 13.2. The lowest BCUT2D eigenvalue weighted by atomic mass is 10.1. The van der Waals surface area contributed by atoms with Gasteiger partial charge < -0.3 is 0 Å². The van der Waals surface area contributed by atoms with E-state index in [1.54, 1.807) is 0 Å². The maximum Gasteiger partial charge on any atom is 0.0604 e. The average molecular weight is 248 g/mol. The molecule has 0 aromatic carbocycles. The summed E-state index contributed by atoms with van der Waals surface area (Å²) in [6.07, 6.45) is 6.23. The molecule has 0 aromatic rings. The second kappa shape index (κ2) is 9.19. The van der Waals surface area contributed by atoms with E-state index in [-0.39, 0.29) is 0 Å². The van der Waals surface area contributed by atoms with Crippen molar-refractivity contribution in [3.05, 3.63) is 11.6 Å². The van der Waals surface area contributed by atoms with E-state index in [1.165, 1.54) is 37.9 Å². The number of hydrogen-bond acceptors (Lipinski definition) is 2. The third-order valence-corrected chi connectivity index (χ3v) is 3.54. The van der Waals surface area contributed by atoms with Crippen LogP contribution in [0.5, 0.6) is 0 Å². The minimum atomic E-state index is 0.889. The van der Waals surface area contributed by atoms with Crippen molar-refractivity contribution in [1.29, 1.82) is 0 Å². The van der Waals surface area contributed by atoms with Crippen molar-refractivity contribution in [2.24, 2.45) is 0 Å². The Morgan fingerprint density at radius 1 is 1.17 bits per heavy atom. The summed E-state index contributed by atoms with van der Waals surface area (Å²) in [6.45, 7) is 13.2. The van der Waals surface area contributed by atoms with Crippen LogP contribution in [0.15, 0.2) is 11.6 Å². The molecule has 0 amide bonds. The Labute approximate surface area is 113 Å². The van der Waals surface area contributed by atoms with E-state index in [1.807, 2.05) is 0 Å². The first-order chi connectivity index (χ1) is 8.76. The highest BCUT2D eigenvalue weighted by Gasteiger charge is 2.09. The predicted molar refractivity (Wildman–Crippen MR) is 79.6 cm³/mol. The smallest absolute Gasteiger partial charge is 0.0604 e. The van der Waals surface area contributed by atoms with Crippen molar-refractivity contribution < 1.29 is 0 Å². The minimum absolute atomic E-state index is 0.889. The van der Waals surface area contributed by atoms with Crippen LogP contribution in [-0.4, -0.2) is 49.1 Å². The highest BCUT2D eigenvalue weighted by atomic mass is 15.1. The van der Waals surface area contributed by atoms with Gasteiger partial charge in [0.2, 0.25) is 0 Å². The molecule has 0 N–H and O–H groups in total. The summed E-state index contributed by atoms with van der Waals surface area (Å²) in [5.74, 6) is 6.43. The van der Waals surface area contributed by atoms with Gasteiger partial charge in [0.1, 0.15) is 0 Å². The van der Waals surface area contributed by atoms with Gasteiger partial charge in [-0.05, 0) is 52.0 Å². The lowest BCUT2D eigenvalue weighted by molar-refractivity contribution is 0.246. The Morgan fingerprint density at radius 2 is 1.83 bits per heavy atom. The standard InChI is InChI=1S/C16H28N2/c1-4-17(5-2)12-10-7-11-16(3)15-18-13-8-6-9-14-18/h11H,4-6,8-9,12-15H2,1-3H3/b16-11+. The maximum absolute atomic E-state index is 3.24. The monoisotopic (exact) mass is 248 g/mol. The number of hydrogen-bond donors (Lipinski definition) is 0. The molecular weight excluding hydrogens is 220 g/mol. The Hall–Kier alpha value is -0.780. The van der Waals surface area contributed by atoms with E-state index in [2.05, 4.69) is 48.5 Å². The highest BCUT2D eigenvalue weighted by molar-refractivity contribution is 5.21. The van der Waals surface area contributed by atoms with E-state index < -0.39 is 0 Å². The van der Waals surface area contributed by atoms with Crippen LogP contribution in [0.1, 0.15) is 40.0 Å². The first-order valence-electron chi connectivity index (χ1n) is 7.35. The molecule has 0 spiro atoms. The van der Waals surface area contributed by atoms with Crippen LogP contribution >= 0.6 is 0 Å². The third kappa shape index (κ3) is 6.23. The van der Waals surface area contributed by atoms with Crippen molar-refractivity contribution in [2.75, 3.05) is 39.3 Å². The molecule has 1 aliphatic rings. The van der Waals surface area contributed by atoms with Crippen LogP contribution in [0, 0.1) is 11.8 Å². The molecule has 1 fully saturated rings. The first-order valence-corrected chi connectivity index (χ1v) is 7.35. The van der Waals surface area contributed by atoms with Gasteiger partial charge in [0.25, 0.3) is 0 Å². The summed E-state index contributed by atoms with van der Waals surface area (Å²) in [4.78, 5) is 4.88. The van der Waals surface area contributed by atoms with Crippen molar-refractivity contribution in [1.82, 2.24) is 9.80 Å². The number of likely N-dealkylation sites (tertiary alicyclic amines) is 1. The fraction of sp³-hybridized carbons (Fsp3) is 0.750. The van der Waals surface area contributed by atoms with Crippen LogP contribution < -0.4 is 0 Å². The summed E-state index contributed by atoms with van der Waals surface area (Å²) >= 11 is 0. The van der Waals surface area contributed by atoms with E-state index in [9.17, 15) is 0 Å². The molecule has 2 heteroatoms. The predicted octanol–water partition coefficient (Wildman–Crippen LogP) is 2.76. The molecule has 0 saturated carbocycles. The van der Waals surface area contributed by atoms with E-state index in [0.717, 1.165) is 26.2 Å². The quantitative estimate of drug-likeness (QED) is 0.690. The summed E-state index contributed by atoms with van der Waals surface area (Å²) < 4.78 is 0. The summed E-state index contributed by atoms with van der Waals surface area (Å²) in [5.41, 5.74) is 1.39. The molecule has 1 aliphatic heterocycles.